The van der Waals surface area contributed by atoms with Crippen molar-refractivity contribution in [3.05, 3.63) is 18.0 Å². The molecule has 0 amide bonds. The first kappa shape index (κ1) is 13.2. The van der Waals surface area contributed by atoms with Crippen LogP contribution in [0.2, 0.25) is 0 Å². The summed E-state index contributed by atoms with van der Waals surface area (Å²) in [5.74, 6) is 0.808. The Balaban J connectivity index is 2.10. The van der Waals surface area contributed by atoms with Gasteiger partial charge in [0.05, 0.1) is 6.20 Å². The van der Waals surface area contributed by atoms with Crippen LogP contribution in [0.3, 0.4) is 0 Å². The first-order valence-corrected chi connectivity index (χ1v) is 6.29. The average Bonchev–Trinajstić information content (AvgIpc) is 2.61. The molecule has 0 radical (unpaired) electrons. The molecule has 1 N–H and O–H groups in total. The molecule has 0 aliphatic heterocycles. The van der Waals surface area contributed by atoms with Gasteiger partial charge in [-0.1, -0.05) is 13.8 Å². The number of hydrogen-bond acceptors (Lipinski definition) is 2. The molecular formula is C13H25N3. The van der Waals surface area contributed by atoms with E-state index in [1.54, 1.807) is 0 Å². The summed E-state index contributed by atoms with van der Waals surface area (Å²) in [5, 5.41) is 7.72. The second-order valence-electron chi connectivity index (χ2n) is 5.10. The van der Waals surface area contributed by atoms with E-state index in [1.807, 2.05) is 17.9 Å². The highest BCUT2D eigenvalue weighted by Crippen LogP contribution is 2.06. The van der Waals surface area contributed by atoms with Crippen molar-refractivity contribution < 1.29 is 0 Å². The van der Waals surface area contributed by atoms with Gasteiger partial charge in [-0.3, -0.25) is 4.68 Å². The molecule has 0 fully saturated rings. The molecule has 1 atom stereocenters. The standard InChI is InChI=1S/C13H25N3/c1-11(2)5-6-12(3)14-8-7-13-9-15-16(4)10-13/h9-12,14H,5-8H2,1-4H3. The van der Waals surface area contributed by atoms with Crippen molar-refractivity contribution in [2.24, 2.45) is 13.0 Å². The molecule has 1 aromatic heterocycles. The molecule has 1 aromatic rings. The molecule has 3 heteroatoms. The summed E-state index contributed by atoms with van der Waals surface area (Å²) in [7, 11) is 1.96. The zero-order valence-corrected chi connectivity index (χ0v) is 11.0. The number of aromatic nitrogens is 2. The molecule has 3 nitrogen and oxygen atoms in total. The molecule has 16 heavy (non-hydrogen) atoms. The van der Waals surface area contributed by atoms with E-state index in [9.17, 15) is 0 Å². The van der Waals surface area contributed by atoms with E-state index >= 15 is 0 Å². The van der Waals surface area contributed by atoms with Crippen LogP contribution in [-0.2, 0) is 13.5 Å². The topological polar surface area (TPSA) is 29.9 Å². The molecule has 92 valence electrons. The lowest BCUT2D eigenvalue weighted by molar-refractivity contribution is 0.453. The Morgan fingerprint density at radius 3 is 2.62 bits per heavy atom. The third-order valence-electron chi connectivity index (χ3n) is 2.84. The molecule has 0 bridgehead atoms. The van der Waals surface area contributed by atoms with Crippen LogP contribution < -0.4 is 5.32 Å². The van der Waals surface area contributed by atoms with Crippen LogP contribution in [0.15, 0.2) is 12.4 Å². The van der Waals surface area contributed by atoms with E-state index in [-0.39, 0.29) is 0 Å². The van der Waals surface area contributed by atoms with E-state index in [0.717, 1.165) is 18.9 Å². The van der Waals surface area contributed by atoms with Crippen LogP contribution in [0.5, 0.6) is 0 Å². The predicted molar refractivity (Wildman–Crippen MR) is 68.4 cm³/mol. The van der Waals surface area contributed by atoms with Crippen molar-refractivity contribution in [2.45, 2.75) is 46.1 Å². The van der Waals surface area contributed by atoms with Crippen LogP contribution >= 0.6 is 0 Å². The lowest BCUT2D eigenvalue weighted by atomic mass is 10.0. The van der Waals surface area contributed by atoms with Crippen LogP contribution in [0.4, 0.5) is 0 Å². The number of nitrogens with one attached hydrogen (secondary N) is 1. The van der Waals surface area contributed by atoms with Gasteiger partial charge in [-0.2, -0.15) is 5.10 Å². The molecule has 0 aromatic carbocycles. The van der Waals surface area contributed by atoms with Gasteiger partial charge >= 0.3 is 0 Å². The predicted octanol–water partition coefficient (Wildman–Crippen LogP) is 2.38. The van der Waals surface area contributed by atoms with E-state index in [1.165, 1.54) is 18.4 Å². The first-order chi connectivity index (χ1) is 7.58. The lowest BCUT2D eigenvalue weighted by Gasteiger charge is -2.14. The third kappa shape index (κ3) is 5.31. The largest absolute Gasteiger partial charge is 0.314 e. The van der Waals surface area contributed by atoms with Gasteiger partial charge < -0.3 is 5.32 Å². The Bertz CT molecular complexity index is 291. The summed E-state index contributed by atoms with van der Waals surface area (Å²) < 4.78 is 1.86. The van der Waals surface area contributed by atoms with Crippen LogP contribution in [-0.4, -0.2) is 22.4 Å². The van der Waals surface area contributed by atoms with Gasteiger partial charge in [0.1, 0.15) is 0 Å². The van der Waals surface area contributed by atoms with Gasteiger partial charge in [0, 0.05) is 19.3 Å². The van der Waals surface area contributed by atoms with E-state index in [4.69, 9.17) is 0 Å². The Morgan fingerprint density at radius 2 is 2.06 bits per heavy atom. The number of hydrogen-bond donors (Lipinski definition) is 1. The Labute approximate surface area is 99.2 Å². The van der Waals surface area contributed by atoms with Crippen LogP contribution in [0.25, 0.3) is 0 Å². The zero-order valence-electron chi connectivity index (χ0n) is 11.0. The molecule has 1 heterocycles. The third-order valence-corrected chi connectivity index (χ3v) is 2.84. The molecule has 0 spiro atoms. The molecule has 0 aliphatic rings. The Kier molecular flexibility index (Phi) is 5.53. The van der Waals surface area contributed by atoms with Crippen LogP contribution in [0.1, 0.15) is 39.2 Å². The Morgan fingerprint density at radius 1 is 1.31 bits per heavy atom. The highest BCUT2D eigenvalue weighted by atomic mass is 15.2. The van der Waals surface area contributed by atoms with E-state index in [0.29, 0.717) is 6.04 Å². The molecule has 1 unspecified atom stereocenters. The molecule has 0 saturated carbocycles. The minimum absolute atomic E-state index is 0.624. The second-order valence-corrected chi connectivity index (χ2v) is 5.10. The molecular weight excluding hydrogens is 198 g/mol. The van der Waals surface area contributed by atoms with Crippen molar-refractivity contribution in [1.29, 1.82) is 0 Å². The van der Waals surface area contributed by atoms with Gasteiger partial charge in [0.15, 0.2) is 0 Å². The maximum absolute atomic E-state index is 4.16. The van der Waals surface area contributed by atoms with Gasteiger partial charge in [-0.15, -0.1) is 0 Å². The number of nitrogens with zero attached hydrogens (tertiary/aromatic N) is 2. The lowest BCUT2D eigenvalue weighted by Crippen LogP contribution is -2.28. The van der Waals surface area contributed by atoms with Gasteiger partial charge in [-0.05, 0) is 44.2 Å². The number of rotatable bonds is 7. The first-order valence-electron chi connectivity index (χ1n) is 6.29. The molecule has 0 saturated heterocycles. The summed E-state index contributed by atoms with van der Waals surface area (Å²) in [6.07, 6.45) is 7.67. The highest BCUT2D eigenvalue weighted by molar-refractivity contribution is 5.03. The van der Waals surface area contributed by atoms with E-state index in [2.05, 4.69) is 37.4 Å². The molecule has 0 aliphatic carbocycles. The molecule has 1 rings (SSSR count). The zero-order chi connectivity index (χ0) is 12.0. The maximum atomic E-state index is 4.16. The quantitative estimate of drug-likeness (QED) is 0.769. The summed E-state index contributed by atoms with van der Waals surface area (Å²) in [6, 6.07) is 0.624. The van der Waals surface area contributed by atoms with Crippen LogP contribution in [0, 0.1) is 5.92 Å². The number of aryl methyl sites for hydroxylation is 1. The van der Waals surface area contributed by atoms with Crippen molar-refractivity contribution >= 4 is 0 Å². The summed E-state index contributed by atoms with van der Waals surface area (Å²) in [5.41, 5.74) is 1.31. The minimum atomic E-state index is 0.624. The minimum Gasteiger partial charge on any atom is -0.314 e. The summed E-state index contributed by atoms with van der Waals surface area (Å²) in [6.45, 7) is 7.88. The fraction of sp³-hybridized carbons (Fsp3) is 0.769. The van der Waals surface area contributed by atoms with Gasteiger partial charge in [-0.25, -0.2) is 0 Å². The van der Waals surface area contributed by atoms with Crippen molar-refractivity contribution in [2.75, 3.05) is 6.54 Å². The van der Waals surface area contributed by atoms with Gasteiger partial charge in [0.25, 0.3) is 0 Å². The smallest absolute Gasteiger partial charge is 0.0522 e. The summed E-state index contributed by atoms with van der Waals surface area (Å²) >= 11 is 0. The summed E-state index contributed by atoms with van der Waals surface area (Å²) in [4.78, 5) is 0. The maximum Gasteiger partial charge on any atom is 0.0522 e. The second kappa shape index (κ2) is 6.69. The fourth-order valence-corrected chi connectivity index (χ4v) is 1.75. The average molecular weight is 223 g/mol. The Hall–Kier alpha value is -0.830. The SMILES string of the molecule is CC(C)CCC(C)NCCc1cnn(C)c1. The van der Waals surface area contributed by atoms with Crippen molar-refractivity contribution in [3.8, 4) is 0 Å². The normalized spacial score (nSPS) is 13.3. The van der Waals surface area contributed by atoms with E-state index < -0.39 is 0 Å². The monoisotopic (exact) mass is 223 g/mol. The van der Waals surface area contributed by atoms with Gasteiger partial charge in [0.2, 0.25) is 0 Å². The van der Waals surface area contributed by atoms with Crippen molar-refractivity contribution in [1.82, 2.24) is 15.1 Å². The van der Waals surface area contributed by atoms with Crippen molar-refractivity contribution in [3.63, 3.8) is 0 Å². The highest BCUT2D eigenvalue weighted by Gasteiger charge is 2.03. The fourth-order valence-electron chi connectivity index (χ4n) is 1.75.